The molecule has 7 nitrogen and oxygen atoms in total. The molecule has 1 amide bonds. The molecule has 4 rings (SSSR count). The van der Waals surface area contributed by atoms with Crippen molar-refractivity contribution < 1.29 is 4.79 Å². The first-order valence-corrected chi connectivity index (χ1v) is 8.35. The molecule has 25 heavy (non-hydrogen) atoms. The number of amides is 1. The number of nitriles is 1. The zero-order valence-electron chi connectivity index (χ0n) is 14.5. The highest BCUT2D eigenvalue weighted by atomic mass is 16.2. The number of carbonyl (C=O) groups is 1. The van der Waals surface area contributed by atoms with Gasteiger partial charge < -0.3 is 4.90 Å². The Labute approximate surface area is 146 Å². The molecule has 0 saturated carbocycles. The van der Waals surface area contributed by atoms with Crippen molar-refractivity contribution >= 4 is 17.1 Å². The molecule has 1 unspecified atom stereocenters. The summed E-state index contributed by atoms with van der Waals surface area (Å²) in [4.78, 5) is 14.0. The van der Waals surface area contributed by atoms with E-state index in [1.54, 1.807) is 26.5 Å². The fraction of sp³-hybridized carbons (Fsp3) is 0.333. The molecule has 0 N–H and O–H groups in total. The zero-order valence-corrected chi connectivity index (χ0v) is 14.5. The molecule has 128 valence electrons. The van der Waals surface area contributed by atoms with Gasteiger partial charge in [0.05, 0.1) is 23.5 Å². The lowest BCUT2D eigenvalue weighted by molar-refractivity contribution is -0.118. The molecule has 1 fully saturated rings. The van der Waals surface area contributed by atoms with Crippen molar-refractivity contribution in [2.24, 2.45) is 13.0 Å². The predicted octanol–water partition coefficient (Wildman–Crippen LogP) is 2.64. The molecule has 4 heterocycles. The van der Waals surface area contributed by atoms with Crippen molar-refractivity contribution in [1.29, 1.82) is 5.26 Å². The Kier molecular flexibility index (Phi) is 4.52. The van der Waals surface area contributed by atoms with Crippen LogP contribution in [0.5, 0.6) is 0 Å². The Balaban J connectivity index is 0.000000880. The largest absolute Gasteiger partial charge is 0.309 e. The highest BCUT2D eigenvalue weighted by Gasteiger charge is 2.33. The number of aromatic nitrogens is 4. The van der Waals surface area contributed by atoms with Crippen LogP contribution in [0.25, 0.3) is 16.6 Å². The van der Waals surface area contributed by atoms with Crippen LogP contribution >= 0.6 is 0 Å². The summed E-state index contributed by atoms with van der Waals surface area (Å²) < 4.78 is 3.50. The van der Waals surface area contributed by atoms with E-state index in [9.17, 15) is 4.79 Å². The first-order valence-electron chi connectivity index (χ1n) is 8.35. The molecular weight excluding hydrogens is 316 g/mol. The Hall–Kier alpha value is -3.14. The number of anilines is 1. The van der Waals surface area contributed by atoms with Gasteiger partial charge in [0.15, 0.2) is 0 Å². The molecule has 0 spiro atoms. The molecule has 7 heteroatoms. The van der Waals surface area contributed by atoms with E-state index < -0.39 is 5.92 Å². The maximum Gasteiger partial charge on any atom is 0.244 e. The number of aryl methyl sites for hydroxylation is 1. The van der Waals surface area contributed by atoms with Gasteiger partial charge in [-0.15, -0.1) is 0 Å². The Morgan fingerprint density at radius 1 is 1.24 bits per heavy atom. The molecule has 0 radical (unpaired) electrons. The molecule has 3 aromatic heterocycles. The Morgan fingerprint density at radius 2 is 2.04 bits per heavy atom. The molecule has 1 aliphatic rings. The summed E-state index contributed by atoms with van der Waals surface area (Å²) in [6.07, 6.45) is 7.88. The van der Waals surface area contributed by atoms with Crippen LogP contribution in [-0.2, 0) is 11.8 Å². The van der Waals surface area contributed by atoms with Crippen molar-refractivity contribution in [3.05, 3.63) is 36.9 Å². The summed E-state index contributed by atoms with van der Waals surface area (Å²) in [5, 5.41) is 17.5. The van der Waals surface area contributed by atoms with Crippen LogP contribution in [0.4, 0.5) is 5.69 Å². The second-order valence-corrected chi connectivity index (χ2v) is 5.64. The molecule has 0 aromatic carbocycles. The van der Waals surface area contributed by atoms with E-state index in [0.717, 1.165) is 22.3 Å². The second-order valence-electron chi connectivity index (χ2n) is 5.64. The van der Waals surface area contributed by atoms with Gasteiger partial charge in [-0.2, -0.15) is 15.5 Å². The van der Waals surface area contributed by atoms with Crippen molar-refractivity contribution in [2.45, 2.75) is 20.3 Å². The minimum atomic E-state index is -0.545. The zero-order chi connectivity index (χ0) is 18.0. The minimum Gasteiger partial charge on any atom is -0.309 e. The van der Waals surface area contributed by atoms with Crippen molar-refractivity contribution in [2.75, 3.05) is 11.4 Å². The molecule has 3 aromatic rings. The molecule has 1 aliphatic heterocycles. The highest BCUT2D eigenvalue weighted by Crippen LogP contribution is 2.31. The van der Waals surface area contributed by atoms with Crippen molar-refractivity contribution in [3.63, 3.8) is 0 Å². The third-order valence-electron chi connectivity index (χ3n) is 4.18. The van der Waals surface area contributed by atoms with E-state index in [2.05, 4.69) is 16.3 Å². The van der Waals surface area contributed by atoms with Gasteiger partial charge in [0.25, 0.3) is 0 Å². The number of carbonyl (C=O) groups excluding carboxylic acids is 1. The third kappa shape index (κ3) is 2.87. The topological polar surface area (TPSA) is 79.2 Å². The van der Waals surface area contributed by atoms with Crippen LogP contribution in [0.1, 0.15) is 20.3 Å². The quantitative estimate of drug-likeness (QED) is 0.720. The molecule has 0 bridgehead atoms. The van der Waals surface area contributed by atoms with E-state index in [1.807, 2.05) is 45.4 Å². The predicted molar refractivity (Wildman–Crippen MR) is 94.8 cm³/mol. The van der Waals surface area contributed by atoms with E-state index >= 15 is 0 Å². The fourth-order valence-corrected chi connectivity index (χ4v) is 3.00. The first-order chi connectivity index (χ1) is 12.2. The van der Waals surface area contributed by atoms with E-state index in [1.165, 1.54) is 0 Å². The number of nitrogens with zero attached hydrogens (tertiary/aromatic N) is 6. The lowest BCUT2D eigenvalue weighted by atomic mass is 10.1. The summed E-state index contributed by atoms with van der Waals surface area (Å²) in [7, 11) is 1.87. The van der Waals surface area contributed by atoms with Crippen LogP contribution in [0, 0.1) is 17.2 Å². The van der Waals surface area contributed by atoms with E-state index in [4.69, 9.17) is 5.26 Å². The maximum atomic E-state index is 12.3. The summed E-state index contributed by atoms with van der Waals surface area (Å²) in [5.41, 5.74) is 3.62. The SMILES string of the molecule is CC.Cn1cc(-c2cc3c(N4CCC(C#N)C4=O)ccnn3c2)cn1. The smallest absolute Gasteiger partial charge is 0.244 e. The van der Waals surface area contributed by atoms with Gasteiger partial charge in [-0.25, -0.2) is 4.52 Å². The molecular formula is C18H20N6O. The van der Waals surface area contributed by atoms with Crippen molar-refractivity contribution in [3.8, 4) is 17.2 Å². The summed E-state index contributed by atoms with van der Waals surface area (Å²) in [6.45, 7) is 4.56. The number of hydrogen-bond acceptors (Lipinski definition) is 4. The van der Waals surface area contributed by atoms with Crippen LogP contribution in [-0.4, -0.2) is 31.8 Å². The maximum absolute atomic E-state index is 12.3. The molecule has 0 aliphatic carbocycles. The van der Waals surface area contributed by atoms with Gasteiger partial charge in [-0.05, 0) is 18.6 Å². The lowest BCUT2D eigenvalue weighted by Gasteiger charge is -2.16. The normalized spacial score (nSPS) is 16.6. The number of fused-ring (bicyclic) bond motifs is 1. The van der Waals surface area contributed by atoms with Crippen LogP contribution < -0.4 is 4.90 Å². The van der Waals surface area contributed by atoms with Crippen molar-refractivity contribution in [1.82, 2.24) is 19.4 Å². The van der Waals surface area contributed by atoms with Gasteiger partial charge in [0, 0.05) is 43.3 Å². The highest BCUT2D eigenvalue weighted by molar-refractivity contribution is 6.02. The second kappa shape index (κ2) is 6.77. The van der Waals surface area contributed by atoms with E-state index in [-0.39, 0.29) is 5.91 Å². The van der Waals surface area contributed by atoms with E-state index in [0.29, 0.717) is 13.0 Å². The van der Waals surface area contributed by atoms with Crippen LogP contribution in [0.2, 0.25) is 0 Å². The fourth-order valence-electron chi connectivity index (χ4n) is 3.00. The van der Waals surface area contributed by atoms with Gasteiger partial charge in [-0.1, -0.05) is 13.8 Å². The van der Waals surface area contributed by atoms with Gasteiger partial charge in [0.1, 0.15) is 5.92 Å². The summed E-state index contributed by atoms with van der Waals surface area (Å²) in [6, 6.07) is 5.88. The average Bonchev–Trinajstić information content (AvgIpc) is 3.34. The molecule has 1 saturated heterocycles. The van der Waals surface area contributed by atoms with Gasteiger partial charge >= 0.3 is 0 Å². The Morgan fingerprint density at radius 3 is 2.68 bits per heavy atom. The van der Waals surface area contributed by atoms with Crippen LogP contribution in [0.15, 0.2) is 36.9 Å². The first kappa shape index (κ1) is 16.7. The lowest BCUT2D eigenvalue weighted by Crippen LogP contribution is -2.27. The number of rotatable bonds is 2. The monoisotopic (exact) mass is 336 g/mol. The summed E-state index contributed by atoms with van der Waals surface area (Å²) >= 11 is 0. The average molecular weight is 336 g/mol. The minimum absolute atomic E-state index is 0.135. The number of hydrogen-bond donors (Lipinski definition) is 0. The Bertz CT molecular complexity index is 948. The van der Waals surface area contributed by atoms with Crippen LogP contribution in [0.3, 0.4) is 0 Å². The standard InChI is InChI=1S/C16H14N6O.C2H6/c1-20-9-13(8-19-20)12-6-15-14(2-4-18-22(15)10-12)21-5-3-11(7-17)16(21)23;1-2/h2,4,6,8-11H,3,5H2,1H3;1-2H3. The third-order valence-corrected chi connectivity index (χ3v) is 4.18. The summed E-state index contributed by atoms with van der Waals surface area (Å²) in [5.74, 6) is -0.680. The molecule has 1 atom stereocenters. The van der Waals surface area contributed by atoms with Gasteiger partial charge in [-0.3, -0.25) is 9.48 Å². The van der Waals surface area contributed by atoms with Gasteiger partial charge in [0.2, 0.25) is 5.91 Å².